The van der Waals surface area contributed by atoms with Crippen molar-refractivity contribution in [2.24, 2.45) is 0 Å². The maximum atomic E-state index is 10.9. The second-order valence-corrected chi connectivity index (χ2v) is 6.80. The summed E-state index contributed by atoms with van der Waals surface area (Å²) in [5.74, 6) is -0.925. The number of carbonyl (C=O) groups is 2. The number of Topliss-reactive ketones (excluding diaryl/α,β-unsaturated/α-hetero) is 2. The first-order chi connectivity index (χ1) is 18.2. The van der Waals surface area contributed by atoms with Crippen LogP contribution in [0.3, 0.4) is 0 Å². The molecule has 0 amide bonds. The zero-order valence-corrected chi connectivity index (χ0v) is 21.8. The van der Waals surface area contributed by atoms with Gasteiger partial charge in [-0.05, 0) is 0 Å². The van der Waals surface area contributed by atoms with Gasteiger partial charge in [0, 0.05) is 21.1 Å². The van der Waals surface area contributed by atoms with E-state index in [4.69, 9.17) is 28.8 Å². The van der Waals surface area contributed by atoms with Crippen molar-refractivity contribution in [1.29, 1.82) is 0 Å². The smallest absolute Gasteiger partial charge is 0.237 e. The lowest BCUT2D eigenvalue weighted by Gasteiger charge is -2.27. The Morgan fingerprint density at radius 1 is 0.711 bits per heavy atom. The summed E-state index contributed by atoms with van der Waals surface area (Å²) in [6.07, 6.45) is 8.43. The van der Waals surface area contributed by atoms with Gasteiger partial charge in [-0.25, -0.2) is 15.0 Å². The molecule has 0 aliphatic heterocycles. The highest BCUT2D eigenvalue weighted by Crippen LogP contribution is 2.24. The number of aliphatic hydroxyl groups is 2. The molecule has 2 N–H and O–H groups in total. The maximum Gasteiger partial charge on any atom is 0.237 e. The number of rotatable bonds is 10. The van der Waals surface area contributed by atoms with E-state index in [1.54, 1.807) is 0 Å². The van der Waals surface area contributed by atoms with Gasteiger partial charge in [0.25, 0.3) is 0 Å². The van der Waals surface area contributed by atoms with Gasteiger partial charge < -0.3 is 33.9 Å². The van der Waals surface area contributed by atoms with Crippen LogP contribution in [0, 0.1) is 0 Å². The maximum absolute atomic E-state index is 10.9. The van der Waals surface area contributed by atoms with Crippen LogP contribution in [0.2, 0.25) is 0 Å². The van der Waals surface area contributed by atoms with Crippen LogP contribution in [0.1, 0.15) is 33.6 Å². The normalized spacial score (nSPS) is 10.2. The van der Waals surface area contributed by atoms with E-state index in [0.29, 0.717) is 23.1 Å². The molecule has 0 spiro atoms. The molecule has 0 saturated heterocycles. The molecule has 0 bridgehead atoms. The van der Waals surface area contributed by atoms with Crippen LogP contribution < -0.4 is 14.2 Å². The number of ether oxygens (including phenoxy) is 5. The number of carbonyl (C=O) groups excluding carboxylic acids is 2. The van der Waals surface area contributed by atoms with E-state index < -0.39 is 18.2 Å². The zero-order valence-electron chi connectivity index (χ0n) is 21.8. The Bertz CT molecular complexity index is 1150. The van der Waals surface area contributed by atoms with Crippen molar-refractivity contribution >= 4 is 11.6 Å². The van der Waals surface area contributed by atoms with Crippen LogP contribution in [0.25, 0.3) is 0 Å². The number of aromatic nitrogens is 6. The highest BCUT2D eigenvalue weighted by Gasteiger charge is 2.33. The van der Waals surface area contributed by atoms with Gasteiger partial charge in [0.05, 0.1) is 58.5 Å². The van der Waals surface area contributed by atoms with Crippen molar-refractivity contribution in [2.45, 2.75) is 12.7 Å². The van der Waals surface area contributed by atoms with E-state index in [9.17, 15) is 14.7 Å². The Hall–Kier alpha value is -4.18. The van der Waals surface area contributed by atoms with Crippen LogP contribution >= 0.6 is 0 Å². The molecular weight excluding hydrogens is 504 g/mol. The van der Waals surface area contributed by atoms with Gasteiger partial charge in [-0.1, -0.05) is 0 Å². The summed E-state index contributed by atoms with van der Waals surface area (Å²) < 4.78 is 24.6. The fourth-order valence-corrected chi connectivity index (χ4v) is 2.41. The fourth-order valence-electron chi connectivity index (χ4n) is 2.41. The van der Waals surface area contributed by atoms with Gasteiger partial charge in [0.1, 0.15) is 30.3 Å². The Labute approximate surface area is 218 Å². The lowest BCUT2D eigenvalue weighted by Crippen LogP contribution is -2.36. The van der Waals surface area contributed by atoms with Gasteiger partial charge in [-0.2, -0.15) is 0 Å². The summed E-state index contributed by atoms with van der Waals surface area (Å²) in [6, 6.07) is 0. The average molecular weight is 535 g/mol. The number of hydrogen-bond acceptors (Lipinski definition) is 15. The van der Waals surface area contributed by atoms with E-state index in [2.05, 4.69) is 29.9 Å². The second kappa shape index (κ2) is 16.5. The standard InChI is InChI=1S/C9H14N2O4.C7H8N2O3.C7H8N2O2/c1-13-8-5-10-4-7(11-8)9(6-12,14-2)15-3;1-12-7-3-8-2-5(9-7)6(11)4-10;1-5(10)6-3-8-4-7(9-6)11-2/h4-5,12H,6H2,1-3H3;2-3,10H,4H2,1H3;3-4H,1-2H3. The lowest BCUT2D eigenvalue weighted by atomic mass is 10.2. The summed E-state index contributed by atoms with van der Waals surface area (Å²) in [4.78, 5) is 44.7. The molecule has 0 aliphatic rings. The second-order valence-electron chi connectivity index (χ2n) is 6.80. The third-order valence-electron chi connectivity index (χ3n) is 4.51. The molecule has 206 valence electrons. The topological polar surface area (TPSA) is 198 Å². The third kappa shape index (κ3) is 9.36. The van der Waals surface area contributed by atoms with Crippen LogP contribution in [0.4, 0.5) is 0 Å². The summed E-state index contributed by atoms with van der Waals surface area (Å²) in [5.41, 5.74) is 0.788. The lowest BCUT2D eigenvalue weighted by molar-refractivity contribution is -0.238. The van der Waals surface area contributed by atoms with Crippen LogP contribution in [-0.4, -0.2) is 100 Å². The largest absolute Gasteiger partial charge is 0.480 e. The van der Waals surface area contributed by atoms with Gasteiger partial charge in [0.15, 0.2) is 5.78 Å². The summed E-state index contributed by atoms with van der Waals surface area (Å²) in [6.45, 7) is 0.507. The minimum atomic E-state index is -1.29. The fraction of sp³-hybridized carbons (Fsp3) is 0.391. The highest BCUT2D eigenvalue weighted by molar-refractivity contribution is 5.94. The van der Waals surface area contributed by atoms with Gasteiger partial charge in [0.2, 0.25) is 29.2 Å². The van der Waals surface area contributed by atoms with Crippen molar-refractivity contribution < 1.29 is 43.5 Å². The number of hydrogen-bond donors (Lipinski definition) is 2. The van der Waals surface area contributed by atoms with Crippen molar-refractivity contribution in [1.82, 2.24) is 29.9 Å². The molecular formula is C23H30N6O9. The molecule has 15 nitrogen and oxygen atoms in total. The van der Waals surface area contributed by atoms with Crippen molar-refractivity contribution in [3.8, 4) is 17.6 Å². The summed E-state index contributed by atoms with van der Waals surface area (Å²) >= 11 is 0. The van der Waals surface area contributed by atoms with E-state index in [-0.39, 0.29) is 24.0 Å². The Morgan fingerprint density at radius 3 is 1.58 bits per heavy atom. The number of nitrogens with zero attached hydrogens (tertiary/aromatic N) is 6. The molecule has 15 heteroatoms. The van der Waals surface area contributed by atoms with E-state index in [0.717, 1.165) is 0 Å². The molecule has 0 unspecified atom stereocenters. The minimum absolute atomic E-state index is 0.108. The molecule has 0 aliphatic carbocycles. The van der Waals surface area contributed by atoms with E-state index in [1.807, 2.05) is 0 Å². The predicted octanol–water partition coefficient (Wildman–Crippen LogP) is 0.271. The molecule has 0 saturated carbocycles. The summed E-state index contributed by atoms with van der Waals surface area (Å²) in [7, 11) is 7.22. The SMILES string of the molecule is COc1cncc(C(=O)CO)n1.COc1cncc(C(C)=O)n1.COc1cncc(C(CO)(OC)OC)n1. The predicted molar refractivity (Wildman–Crippen MR) is 130 cm³/mol. The number of ketones is 2. The Morgan fingerprint density at radius 2 is 1.16 bits per heavy atom. The van der Waals surface area contributed by atoms with Gasteiger partial charge in [-0.3, -0.25) is 24.5 Å². The minimum Gasteiger partial charge on any atom is -0.480 e. The van der Waals surface area contributed by atoms with E-state index >= 15 is 0 Å². The number of aliphatic hydroxyl groups excluding tert-OH is 2. The van der Waals surface area contributed by atoms with Crippen molar-refractivity contribution in [3.05, 3.63) is 54.3 Å². The average Bonchev–Trinajstić information content (AvgIpc) is 2.98. The Balaban J connectivity index is 0.000000289. The quantitative estimate of drug-likeness (QED) is 0.265. The molecule has 3 aromatic heterocycles. The van der Waals surface area contributed by atoms with Crippen molar-refractivity contribution in [3.63, 3.8) is 0 Å². The number of methoxy groups -OCH3 is 5. The third-order valence-corrected chi connectivity index (χ3v) is 4.51. The Kier molecular flexibility index (Phi) is 13.9. The summed E-state index contributed by atoms with van der Waals surface area (Å²) in [5, 5.41) is 17.7. The zero-order chi connectivity index (χ0) is 28.6. The highest BCUT2D eigenvalue weighted by atomic mass is 16.7. The first kappa shape index (κ1) is 31.8. The molecule has 38 heavy (non-hydrogen) atoms. The van der Waals surface area contributed by atoms with E-state index in [1.165, 1.54) is 79.7 Å². The van der Waals surface area contributed by atoms with Crippen LogP contribution in [-0.2, 0) is 15.3 Å². The molecule has 3 aromatic rings. The molecule has 0 fully saturated rings. The molecule has 0 radical (unpaired) electrons. The van der Waals surface area contributed by atoms with Gasteiger partial charge in [-0.15, -0.1) is 0 Å². The molecule has 0 aromatic carbocycles. The molecule has 3 heterocycles. The van der Waals surface area contributed by atoms with Crippen LogP contribution in [0.15, 0.2) is 37.2 Å². The first-order valence-corrected chi connectivity index (χ1v) is 10.7. The van der Waals surface area contributed by atoms with Crippen LogP contribution in [0.5, 0.6) is 17.6 Å². The first-order valence-electron chi connectivity index (χ1n) is 10.7. The molecule has 0 atom stereocenters. The van der Waals surface area contributed by atoms with Crippen molar-refractivity contribution in [2.75, 3.05) is 48.8 Å². The molecule has 3 rings (SSSR count). The monoisotopic (exact) mass is 534 g/mol. The van der Waals surface area contributed by atoms with Gasteiger partial charge >= 0.3 is 0 Å².